The molecule has 2 aromatic rings. The standard InChI is InChI=1S/C15H19ClN4S/c1-3-13-9-18-14(21-13)10-20-15(17-2)19-8-11-4-6-12(16)7-5-11/h4-7,9H,3,8,10H2,1-2H3,(H2,17,19,20). The summed E-state index contributed by atoms with van der Waals surface area (Å²) < 4.78 is 0. The Hall–Kier alpha value is -1.59. The van der Waals surface area contributed by atoms with Crippen LogP contribution in [0.15, 0.2) is 35.5 Å². The molecule has 1 aromatic carbocycles. The fourth-order valence-electron chi connectivity index (χ4n) is 1.76. The molecule has 0 amide bonds. The maximum absolute atomic E-state index is 5.87. The van der Waals surface area contributed by atoms with E-state index < -0.39 is 0 Å². The van der Waals surface area contributed by atoms with Crippen LogP contribution in [0.3, 0.4) is 0 Å². The zero-order valence-electron chi connectivity index (χ0n) is 12.2. The summed E-state index contributed by atoms with van der Waals surface area (Å²) in [6.07, 6.45) is 2.97. The quantitative estimate of drug-likeness (QED) is 0.656. The molecular weight excluding hydrogens is 304 g/mol. The molecule has 0 aliphatic carbocycles. The Balaban J connectivity index is 1.81. The van der Waals surface area contributed by atoms with E-state index in [0.29, 0.717) is 13.1 Å². The molecule has 2 rings (SSSR count). The molecule has 2 N–H and O–H groups in total. The SMILES string of the molecule is CCc1cnc(CNC(=NC)NCc2ccc(Cl)cc2)s1. The molecule has 112 valence electrons. The van der Waals surface area contributed by atoms with Gasteiger partial charge in [0.25, 0.3) is 0 Å². The van der Waals surface area contributed by atoms with E-state index in [4.69, 9.17) is 11.6 Å². The average Bonchev–Trinajstić information content (AvgIpc) is 2.97. The lowest BCUT2D eigenvalue weighted by Crippen LogP contribution is -2.36. The largest absolute Gasteiger partial charge is 0.352 e. The summed E-state index contributed by atoms with van der Waals surface area (Å²) in [5, 5.41) is 8.35. The summed E-state index contributed by atoms with van der Waals surface area (Å²) in [5.41, 5.74) is 1.16. The van der Waals surface area contributed by atoms with E-state index in [1.54, 1.807) is 18.4 Å². The van der Waals surface area contributed by atoms with E-state index in [9.17, 15) is 0 Å². The van der Waals surface area contributed by atoms with Gasteiger partial charge in [0.1, 0.15) is 5.01 Å². The average molecular weight is 323 g/mol. The van der Waals surface area contributed by atoms with Gasteiger partial charge in [-0.05, 0) is 24.1 Å². The van der Waals surface area contributed by atoms with Gasteiger partial charge in [-0.15, -0.1) is 11.3 Å². The lowest BCUT2D eigenvalue weighted by Gasteiger charge is -2.11. The number of benzene rings is 1. The summed E-state index contributed by atoms with van der Waals surface area (Å²) >= 11 is 7.60. The predicted molar refractivity (Wildman–Crippen MR) is 90.0 cm³/mol. The molecule has 0 radical (unpaired) electrons. The monoisotopic (exact) mass is 322 g/mol. The first kappa shape index (κ1) is 15.8. The smallest absolute Gasteiger partial charge is 0.191 e. The minimum atomic E-state index is 0.685. The predicted octanol–water partition coefficient (Wildman–Crippen LogP) is 3.22. The fourth-order valence-corrected chi connectivity index (χ4v) is 2.69. The van der Waals surface area contributed by atoms with Crippen LogP contribution in [0.25, 0.3) is 0 Å². The third-order valence-electron chi connectivity index (χ3n) is 2.95. The van der Waals surface area contributed by atoms with Crippen molar-refractivity contribution in [2.24, 2.45) is 4.99 Å². The Morgan fingerprint density at radius 3 is 2.57 bits per heavy atom. The molecule has 0 aliphatic rings. The molecule has 0 bridgehead atoms. The number of aromatic nitrogens is 1. The summed E-state index contributed by atoms with van der Waals surface area (Å²) in [4.78, 5) is 9.89. The summed E-state index contributed by atoms with van der Waals surface area (Å²) in [6, 6.07) is 7.77. The molecule has 0 atom stereocenters. The number of nitrogens with zero attached hydrogens (tertiary/aromatic N) is 2. The maximum Gasteiger partial charge on any atom is 0.191 e. The van der Waals surface area contributed by atoms with E-state index in [-0.39, 0.29) is 0 Å². The van der Waals surface area contributed by atoms with Crippen LogP contribution in [0.2, 0.25) is 5.02 Å². The second-order valence-corrected chi connectivity index (χ2v) is 6.12. The minimum absolute atomic E-state index is 0.685. The molecule has 21 heavy (non-hydrogen) atoms. The number of guanidine groups is 1. The Bertz CT molecular complexity index is 592. The molecule has 4 nitrogen and oxygen atoms in total. The van der Waals surface area contributed by atoms with E-state index >= 15 is 0 Å². The second-order valence-electron chi connectivity index (χ2n) is 4.48. The van der Waals surface area contributed by atoms with Crippen LogP contribution in [-0.4, -0.2) is 18.0 Å². The van der Waals surface area contributed by atoms with Crippen molar-refractivity contribution in [3.05, 3.63) is 50.9 Å². The number of aryl methyl sites for hydroxylation is 1. The van der Waals surface area contributed by atoms with Crippen molar-refractivity contribution in [1.29, 1.82) is 0 Å². The van der Waals surface area contributed by atoms with E-state index in [0.717, 1.165) is 28.0 Å². The molecule has 0 saturated heterocycles. The van der Waals surface area contributed by atoms with Crippen LogP contribution >= 0.6 is 22.9 Å². The van der Waals surface area contributed by atoms with Gasteiger partial charge in [-0.3, -0.25) is 4.99 Å². The lowest BCUT2D eigenvalue weighted by atomic mass is 10.2. The van der Waals surface area contributed by atoms with Crippen LogP contribution < -0.4 is 10.6 Å². The Morgan fingerprint density at radius 1 is 1.24 bits per heavy atom. The number of hydrogen-bond acceptors (Lipinski definition) is 3. The lowest BCUT2D eigenvalue weighted by molar-refractivity contribution is 0.805. The van der Waals surface area contributed by atoms with E-state index in [1.165, 1.54) is 4.88 Å². The van der Waals surface area contributed by atoms with Gasteiger partial charge in [-0.1, -0.05) is 30.7 Å². The first-order valence-electron chi connectivity index (χ1n) is 6.83. The van der Waals surface area contributed by atoms with E-state index in [1.807, 2.05) is 30.5 Å². The van der Waals surface area contributed by atoms with Crippen LogP contribution in [0, 0.1) is 0 Å². The fraction of sp³-hybridized carbons (Fsp3) is 0.333. The van der Waals surface area contributed by atoms with Crippen molar-refractivity contribution in [2.75, 3.05) is 7.05 Å². The molecule has 1 aromatic heterocycles. The summed E-state index contributed by atoms with van der Waals surface area (Å²) in [6.45, 7) is 3.53. The number of hydrogen-bond donors (Lipinski definition) is 2. The van der Waals surface area contributed by atoms with Gasteiger partial charge < -0.3 is 10.6 Å². The first-order chi connectivity index (χ1) is 10.2. The number of halogens is 1. The molecule has 0 fully saturated rings. The van der Waals surface area contributed by atoms with Crippen molar-refractivity contribution >= 4 is 28.9 Å². The Kier molecular flexibility index (Phi) is 6.02. The number of thiazole rings is 1. The topological polar surface area (TPSA) is 49.3 Å². The highest BCUT2D eigenvalue weighted by atomic mass is 35.5. The Labute approximate surface area is 134 Å². The van der Waals surface area contributed by atoms with Gasteiger partial charge in [0.2, 0.25) is 0 Å². The third-order valence-corrected chi connectivity index (χ3v) is 4.35. The minimum Gasteiger partial charge on any atom is -0.352 e. The molecule has 0 spiro atoms. The van der Waals surface area contributed by atoms with Crippen molar-refractivity contribution < 1.29 is 0 Å². The zero-order valence-corrected chi connectivity index (χ0v) is 13.8. The van der Waals surface area contributed by atoms with Crippen LogP contribution in [0.4, 0.5) is 0 Å². The summed E-state index contributed by atoms with van der Waals surface area (Å²) in [5.74, 6) is 0.762. The molecular formula is C15H19ClN4S. The first-order valence-corrected chi connectivity index (χ1v) is 8.03. The van der Waals surface area contributed by atoms with Gasteiger partial charge >= 0.3 is 0 Å². The molecule has 0 saturated carbocycles. The van der Waals surface area contributed by atoms with Gasteiger partial charge in [-0.2, -0.15) is 0 Å². The molecule has 1 heterocycles. The summed E-state index contributed by atoms with van der Waals surface area (Å²) in [7, 11) is 1.76. The van der Waals surface area contributed by atoms with Gasteiger partial charge in [0.15, 0.2) is 5.96 Å². The number of nitrogens with one attached hydrogen (secondary N) is 2. The molecule has 0 unspecified atom stereocenters. The second kappa shape index (κ2) is 8.00. The van der Waals surface area contributed by atoms with E-state index in [2.05, 4.69) is 27.5 Å². The van der Waals surface area contributed by atoms with Gasteiger partial charge in [-0.25, -0.2) is 4.98 Å². The van der Waals surface area contributed by atoms with Crippen molar-refractivity contribution in [2.45, 2.75) is 26.4 Å². The normalized spacial score (nSPS) is 11.5. The van der Waals surface area contributed by atoms with Gasteiger partial charge in [0.05, 0.1) is 6.54 Å². The van der Waals surface area contributed by atoms with Crippen molar-refractivity contribution in [1.82, 2.24) is 15.6 Å². The number of rotatable bonds is 5. The molecule has 0 aliphatic heterocycles. The van der Waals surface area contributed by atoms with Crippen molar-refractivity contribution in [3.8, 4) is 0 Å². The van der Waals surface area contributed by atoms with Gasteiger partial charge in [0, 0.05) is 29.7 Å². The Morgan fingerprint density at radius 2 is 1.95 bits per heavy atom. The third kappa shape index (κ3) is 5.02. The van der Waals surface area contributed by atoms with Crippen LogP contribution in [0.1, 0.15) is 22.4 Å². The maximum atomic E-state index is 5.87. The highest BCUT2D eigenvalue weighted by Crippen LogP contribution is 2.12. The molecule has 6 heteroatoms. The van der Waals surface area contributed by atoms with Crippen LogP contribution in [-0.2, 0) is 19.5 Å². The van der Waals surface area contributed by atoms with Crippen LogP contribution in [0.5, 0.6) is 0 Å². The number of aliphatic imine (C=N–C) groups is 1. The van der Waals surface area contributed by atoms with Crippen molar-refractivity contribution in [3.63, 3.8) is 0 Å². The highest BCUT2D eigenvalue weighted by molar-refractivity contribution is 7.11. The zero-order chi connectivity index (χ0) is 15.1. The highest BCUT2D eigenvalue weighted by Gasteiger charge is 2.03.